The van der Waals surface area contributed by atoms with Gasteiger partial charge in [-0.05, 0) is 24.1 Å². The molecule has 0 aliphatic carbocycles. The summed E-state index contributed by atoms with van der Waals surface area (Å²) < 4.78 is 0. The molecule has 0 aromatic heterocycles. The minimum absolute atomic E-state index is 0.0367. The lowest BCUT2D eigenvalue weighted by Crippen LogP contribution is -2.26. The lowest BCUT2D eigenvalue weighted by Gasteiger charge is -2.18. The number of alkyl halides is 1. The number of aromatic carboxylic acids is 1. The zero-order valence-corrected chi connectivity index (χ0v) is 10.2. The van der Waals surface area contributed by atoms with Crippen molar-refractivity contribution >= 4 is 29.2 Å². The van der Waals surface area contributed by atoms with Gasteiger partial charge in [-0.1, -0.05) is 0 Å². The van der Waals surface area contributed by atoms with Gasteiger partial charge in [0.2, 0.25) is 5.91 Å². The molecule has 1 unspecified atom stereocenters. The second-order valence-electron chi connectivity index (χ2n) is 4.24. The molecule has 1 aliphatic heterocycles. The Morgan fingerprint density at radius 2 is 2.22 bits per heavy atom. The van der Waals surface area contributed by atoms with Crippen LogP contribution in [0.5, 0.6) is 5.75 Å². The smallest absolute Gasteiger partial charge is 0.337 e. The van der Waals surface area contributed by atoms with Gasteiger partial charge in [0.1, 0.15) is 5.75 Å². The molecule has 1 aromatic rings. The van der Waals surface area contributed by atoms with E-state index in [1.807, 2.05) is 0 Å². The molecule has 1 aliphatic rings. The van der Waals surface area contributed by atoms with Gasteiger partial charge in [0.15, 0.2) is 0 Å². The molecular weight excluding hydrogens is 258 g/mol. The van der Waals surface area contributed by atoms with Crippen molar-refractivity contribution in [3.8, 4) is 5.75 Å². The highest BCUT2D eigenvalue weighted by atomic mass is 35.5. The summed E-state index contributed by atoms with van der Waals surface area (Å²) in [6.07, 6.45) is 0.323. The Morgan fingerprint density at radius 1 is 1.50 bits per heavy atom. The fraction of sp³-hybridized carbons (Fsp3) is 0.333. The molecule has 5 nitrogen and oxygen atoms in total. The first kappa shape index (κ1) is 12.7. The predicted octanol–water partition coefficient (Wildman–Crippen LogP) is 1.68. The monoisotopic (exact) mass is 269 g/mol. The van der Waals surface area contributed by atoms with Gasteiger partial charge in [-0.2, -0.15) is 0 Å². The standard InChI is InChI=1S/C12H12ClNO4/c13-5-7-3-11(16)14(6-7)10-2-1-8(15)4-9(10)12(17)18/h1-2,4,7,15H,3,5-6H2,(H,17,18). The summed E-state index contributed by atoms with van der Waals surface area (Å²) in [5, 5.41) is 18.4. The number of hydrogen-bond acceptors (Lipinski definition) is 3. The van der Waals surface area contributed by atoms with E-state index in [1.54, 1.807) is 0 Å². The number of carbonyl (C=O) groups excluding carboxylic acids is 1. The first-order chi connectivity index (χ1) is 8.52. The van der Waals surface area contributed by atoms with Crippen molar-refractivity contribution in [3.05, 3.63) is 23.8 Å². The van der Waals surface area contributed by atoms with E-state index >= 15 is 0 Å². The Hall–Kier alpha value is -1.75. The quantitative estimate of drug-likeness (QED) is 0.819. The van der Waals surface area contributed by atoms with Crippen molar-refractivity contribution in [2.45, 2.75) is 6.42 Å². The van der Waals surface area contributed by atoms with Crippen molar-refractivity contribution in [2.24, 2.45) is 5.92 Å². The van der Waals surface area contributed by atoms with Gasteiger partial charge in [0.05, 0.1) is 11.3 Å². The number of hydrogen-bond donors (Lipinski definition) is 2. The van der Waals surface area contributed by atoms with Gasteiger partial charge in [0.25, 0.3) is 0 Å². The first-order valence-corrected chi connectivity index (χ1v) is 5.99. The molecule has 2 rings (SSSR count). The van der Waals surface area contributed by atoms with Crippen LogP contribution >= 0.6 is 11.6 Å². The number of amides is 1. The number of phenolic OH excluding ortho intramolecular Hbond substituents is 1. The van der Waals surface area contributed by atoms with Crippen LogP contribution in [0.1, 0.15) is 16.8 Å². The van der Waals surface area contributed by atoms with Gasteiger partial charge in [-0.3, -0.25) is 4.79 Å². The maximum absolute atomic E-state index is 11.8. The van der Waals surface area contributed by atoms with Crippen LogP contribution in [0.15, 0.2) is 18.2 Å². The summed E-state index contributed by atoms with van der Waals surface area (Å²) in [4.78, 5) is 24.3. The van der Waals surface area contributed by atoms with Crippen LogP contribution < -0.4 is 4.90 Å². The number of anilines is 1. The van der Waals surface area contributed by atoms with Crippen molar-refractivity contribution in [1.29, 1.82) is 0 Å². The molecular formula is C12H12ClNO4. The number of rotatable bonds is 3. The normalized spacial score (nSPS) is 19.3. The maximum Gasteiger partial charge on any atom is 0.337 e. The molecule has 96 valence electrons. The Balaban J connectivity index is 2.39. The number of carbonyl (C=O) groups is 2. The second-order valence-corrected chi connectivity index (χ2v) is 4.54. The molecule has 1 amide bonds. The summed E-state index contributed by atoms with van der Waals surface area (Å²) in [6, 6.07) is 3.94. The highest BCUT2D eigenvalue weighted by Gasteiger charge is 2.32. The van der Waals surface area contributed by atoms with Crippen LogP contribution in [0.25, 0.3) is 0 Å². The molecule has 0 spiro atoms. The topological polar surface area (TPSA) is 77.8 Å². The van der Waals surface area contributed by atoms with E-state index in [1.165, 1.54) is 17.0 Å². The molecule has 18 heavy (non-hydrogen) atoms. The van der Waals surface area contributed by atoms with E-state index in [0.29, 0.717) is 24.5 Å². The van der Waals surface area contributed by atoms with Crippen LogP contribution in [-0.2, 0) is 4.79 Å². The number of benzene rings is 1. The fourth-order valence-electron chi connectivity index (χ4n) is 2.05. The van der Waals surface area contributed by atoms with Crippen molar-refractivity contribution in [2.75, 3.05) is 17.3 Å². The molecule has 0 bridgehead atoms. The third-order valence-electron chi connectivity index (χ3n) is 2.92. The molecule has 2 N–H and O–H groups in total. The van der Waals surface area contributed by atoms with E-state index < -0.39 is 5.97 Å². The SMILES string of the molecule is O=C(O)c1cc(O)ccc1N1CC(CCl)CC1=O. The minimum atomic E-state index is -1.18. The summed E-state index contributed by atoms with van der Waals surface area (Å²) >= 11 is 5.72. The van der Waals surface area contributed by atoms with Gasteiger partial charge in [-0.15, -0.1) is 11.6 Å². The zero-order valence-electron chi connectivity index (χ0n) is 9.47. The van der Waals surface area contributed by atoms with Crippen LogP contribution in [-0.4, -0.2) is 34.5 Å². The van der Waals surface area contributed by atoms with Gasteiger partial charge in [-0.25, -0.2) is 4.79 Å². The number of carboxylic acids is 1. The Morgan fingerprint density at radius 3 is 2.78 bits per heavy atom. The number of aromatic hydroxyl groups is 1. The lowest BCUT2D eigenvalue weighted by molar-refractivity contribution is -0.117. The Labute approximate surface area is 109 Å². The van der Waals surface area contributed by atoms with Crippen LogP contribution in [0, 0.1) is 5.92 Å². The van der Waals surface area contributed by atoms with E-state index in [-0.39, 0.29) is 23.1 Å². The zero-order chi connectivity index (χ0) is 13.3. The molecule has 0 radical (unpaired) electrons. The van der Waals surface area contributed by atoms with Gasteiger partial charge < -0.3 is 15.1 Å². The third-order valence-corrected chi connectivity index (χ3v) is 3.36. The van der Waals surface area contributed by atoms with Crippen molar-refractivity contribution in [1.82, 2.24) is 0 Å². The van der Waals surface area contributed by atoms with Gasteiger partial charge in [0, 0.05) is 18.8 Å². The average molecular weight is 270 g/mol. The lowest BCUT2D eigenvalue weighted by atomic mass is 10.1. The molecule has 1 atom stereocenters. The highest BCUT2D eigenvalue weighted by molar-refractivity contribution is 6.18. The van der Waals surface area contributed by atoms with E-state index in [2.05, 4.69) is 0 Å². The number of carboxylic acid groups (broad SMARTS) is 1. The molecule has 6 heteroatoms. The third kappa shape index (κ3) is 2.26. The molecule has 0 saturated carbocycles. The maximum atomic E-state index is 11.8. The summed E-state index contributed by atoms with van der Waals surface area (Å²) in [5.41, 5.74) is 0.219. The first-order valence-electron chi connectivity index (χ1n) is 5.45. The second kappa shape index (κ2) is 4.86. The molecule has 1 fully saturated rings. The number of phenols is 1. The summed E-state index contributed by atoms with van der Waals surface area (Å²) in [5.74, 6) is -1.06. The summed E-state index contributed by atoms with van der Waals surface area (Å²) in [6.45, 7) is 0.410. The van der Waals surface area contributed by atoms with Crippen LogP contribution in [0.2, 0.25) is 0 Å². The Bertz CT molecular complexity index is 503. The molecule has 1 saturated heterocycles. The highest BCUT2D eigenvalue weighted by Crippen LogP contribution is 2.30. The van der Waals surface area contributed by atoms with Crippen molar-refractivity contribution < 1.29 is 19.8 Å². The fourth-order valence-corrected chi connectivity index (χ4v) is 2.26. The summed E-state index contributed by atoms with van der Waals surface area (Å²) in [7, 11) is 0. The number of nitrogens with zero attached hydrogens (tertiary/aromatic N) is 1. The van der Waals surface area contributed by atoms with E-state index in [0.717, 1.165) is 6.07 Å². The van der Waals surface area contributed by atoms with Gasteiger partial charge >= 0.3 is 5.97 Å². The predicted molar refractivity (Wildman–Crippen MR) is 66.2 cm³/mol. The number of halogens is 1. The van der Waals surface area contributed by atoms with E-state index in [4.69, 9.17) is 16.7 Å². The van der Waals surface area contributed by atoms with Crippen molar-refractivity contribution in [3.63, 3.8) is 0 Å². The average Bonchev–Trinajstić information content (AvgIpc) is 2.70. The minimum Gasteiger partial charge on any atom is -0.508 e. The van der Waals surface area contributed by atoms with Crippen LogP contribution in [0.3, 0.4) is 0 Å². The van der Waals surface area contributed by atoms with Crippen LogP contribution in [0.4, 0.5) is 5.69 Å². The molecule has 1 aromatic carbocycles. The Kier molecular flexibility index (Phi) is 3.43. The van der Waals surface area contributed by atoms with E-state index in [9.17, 15) is 14.7 Å². The molecule has 1 heterocycles. The largest absolute Gasteiger partial charge is 0.508 e.